The van der Waals surface area contributed by atoms with Crippen LogP contribution in [0.1, 0.15) is 50.7 Å². The summed E-state index contributed by atoms with van der Waals surface area (Å²) < 4.78 is 12.0. The minimum atomic E-state index is -1.04. The third-order valence-electron chi connectivity index (χ3n) is 5.15. The van der Waals surface area contributed by atoms with Crippen LogP contribution in [0.25, 0.3) is 0 Å². The maximum atomic E-state index is 12.5. The van der Waals surface area contributed by atoms with Crippen molar-refractivity contribution in [2.24, 2.45) is 0 Å². The SMILES string of the molecule is C[C@H](C(=O)O)N1Cc2ncc(B3OC(C)(C)C(C)(C)O3)cc2C1=O. The van der Waals surface area contributed by atoms with Gasteiger partial charge in [-0.1, -0.05) is 0 Å². The first-order valence-corrected chi connectivity index (χ1v) is 7.92. The van der Waals surface area contributed by atoms with Crippen LogP contribution in [0.2, 0.25) is 0 Å². The molecular formula is C16H21BN2O5. The number of hydrogen-bond donors (Lipinski definition) is 1. The van der Waals surface area contributed by atoms with E-state index in [-0.39, 0.29) is 12.5 Å². The number of nitrogens with zero attached hydrogens (tertiary/aromatic N) is 2. The number of pyridine rings is 1. The van der Waals surface area contributed by atoms with Crippen molar-refractivity contribution in [2.75, 3.05) is 0 Å². The highest BCUT2D eigenvalue weighted by atomic mass is 16.7. The molecule has 3 rings (SSSR count). The number of carbonyl (C=O) groups is 2. The first kappa shape index (κ1) is 16.9. The number of hydrogen-bond acceptors (Lipinski definition) is 5. The van der Waals surface area contributed by atoms with Crippen LogP contribution in [0.4, 0.5) is 0 Å². The van der Waals surface area contributed by atoms with Crippen molar-refractivity contribution in [1.29, 1.82) is 0 Å². The van der Waals surface area contributed by atoms with Crippen LogP contribution in [-0.4, -0.2) is 51.2 Å². The van der Waals surface area contributed by atoms with Gasteiger partial charge in [0.1, 0.15) is 6.04 Å². The van der Waals surface area contributed by atoms with Gasteiger partial charge < -0.3 is 19.3 Å². The van der Waals surface area contributed by atoms with Crippen molar-refractivity contribution in [3.63, 3.8) is 0 Å². The van der Waals surface area contributed by atoms with Gasteiger partial charge in [0.05, 0.1) is 29.0 Å². The maximum absolute atomic E-state index is 12.5. The zero-order chi connectivity index (χ0) is 17.9. The molecule has 24 heavy (non-hydrogen) atoms. The quantitative estimate of drug-likeness (QED) is 0.824. The first-order chi connectivity index (χ1) is 11.0. The normalized spacial score (nSPS) is 22.6. The largest absolute Gasteiger partial charge is 0.496 e. The lowest BCUT2D eigenvalue weighted by atomic mass is 9.79. The number of rotatable bonds is 3. The van der Waals surface area contributed by atoms with E-state index in [0.29, 0.717) is 16.7 Å². The van der Waals surface area contributed by atoms with E-state index in [1.807, 2.05) is 27.7 Å². The van der Waals surface area contributed by atoms with Gasteiger partial charge in [0.15, 0.2) is 0 Å². The van der Waals surface area contributed by atoms with E-state index in [4.69, 9.17) is 14.4 Å². The van der Waals surface area contributed by atoms with Gasteiger partial charge in [0.2, 0.25) is 0 Å². The summed E-state index contributed by atoms with van der Waals surface area (Å²) in [5.74, 6) is -1.37. The van der Waals surface area contributed by atoms with Crippen molar-refractivity contribution in [1.82, 2.24) is 9.88 Å². The molecule has 3 heterocycles. The molecule has 0 aliphatic carbocycles. The molecule has 7 nitrogen and oxygen atoms in total. The van der Waals surface area contributed by atoms with E-state index in [0.717, 1.165) is 0 Å². The predicted octanol–water partition coefficient (Wildman–Crippen LogP) is 0.810. The topological polar surface area (TPSA) is 89.0 Å². The zero-order valence-corrected chi connectivity index (χ0v) is 14.5. The second kappa shape index (κ2) is 5.29. The second-order valence-electron chi connectivity index (χ2n) is 7.30. The van der Waals surface area contributed by atoms with Gasteiger partial charge in [-0.3, -0.25) is 9.78 Å². The Morgan fingerprint density at radius 1 is 1.33 bits per heavy atom. The molecule has 0 bridgehead atoms. The van der Waals surface area contributed by atoms with Gasteiger partial charge in [-0.05, 0) is 40.7 Å². The van der Waals surface area contributed by atoms with Crippen molar-refractivity contribution < 1.29 is 24.0 Å². The van der Waals surface area contributed by atoms with E-state index in [9.17, 15) is 9.59 Å². The number of aliphatic carboxylic acids is 1. The second-order valence-corrected chi connectivity index (χ2v) is 7.30. The summed E-state index contributed by atoms with van der Waals surface area (Å²) in [5, 5.41) is 9.13. The summed E-state index contributed by atoms with van der Waals surface area (Å²) in [6.07, 6.45) is 1.63. The Morgan fingerprint density at radius 2 is 1.92 bits per heavy atom. The number of amides is 1. The van der Waals surface area contributed by atoms with Crippen LogP contribution in [0.5, 0.6) is 0 Å². The number of carbonyl (C=O) groups excluding carboxylic acids is 1. The van der Waals surface area contributed by atoms with Crippen LogP contribution in [0.3, 0.4) is 0 Å². The van der Waals surface area contributed by atoms with Crippen LogP contribution >= 0.6 is 0 Å². The lowest BCUT2D eigenvalue weighted by Gasteiger charge is -2.32. The van der Waals surface area contributed by atoms with Gasteiger partial charge >= 0.3 is 13.1 Å². The zero-order valence-electron chi connectivity index (χ0n) is 14.5. The highest BCUT2D eigenvalue weighted by Gasteiger charge is 2.52. The van der Waals surface area contributed by atoms with Crippen molar-refractivity contribution in [3.05, 3.63) is 23.5 Å². The van der Waals surface area contributed by atoms with E-state index < -0.39 is 30.3 Å². The Bertz CT molecular complexity index is 702. The van der Waals surface area contributed by atoms with Crippen LogP contribution in [0.15, 0.2) is 12.3 Å². The van der Waals surface area contributed by atoms with E-state index in [2.05, 4.69) is 4.98 Å². The van der Waals surface area contributed by atoms with Crippen LogP contribution in [0, 0.1) is 0 Å². The number of carboxylic acids is 1. The van der Waals surface area contributed by atoms with Gasteiger partial charge in [0.25, 0.3) is 5.91 Å². The fourth-order valence-electron chi connectivity index (χ4n) is 2.76. The average Bonchev–Trinajstić information content (AvgIpc) is 2.92. The smallest absolute Gasteiger partial charge is 0.480 e. The number of aromatic nitrogens is 1. The Labute approximate surface area is 141 Å². The Morgan fingerprint density at radius 3 is 2.46 bits per heavy atom. The van der Waals surface area contributed by atoms with Crippen molar-refractivity contribution in [2.45, 2.75) is 58.4 Å². The number of carboxylic acid groups (broad SMARTS) is 1. The lowest BCUT2D eigenvalue weighted by Crippen LogP contribution is -2.41. The molecule has 1 amide bonds. The molecule has 1 aromatic heterocycles. The first-order valence-electron chi connectivity index (χ1n) is 7.92. The minimum absolute atomic E-state index is 0.200. The fourth-order valence-corrected chi connectivity index (χ4v) is 2.76. The average molecular weight is 332 g/mol. The molecule has 1 saturated heterocycles. The standard InChI is InChI=1S/C16H21BN2O5/c1-9(14(21)22)19-8-12-11(13(19)20)6-10(7-18-12)17-23-15(2,3)16(4,5)24-17/h6-7,9H,8H2,1-5H3,(H,21,22)/t9-/m1/s1. The molecule has 8 heteroatoms. The summed E-state index contributed by atoms with van der Waals surface area (Å²) in [6.45, 7) is 9.50. The fraction of sp³-hybridized carbons (Fsp3) is 0.562. The summed E-state index contributed by atoms with van der Waals surface area (Å²) in [6, 6.07) is 0.800. The highest BCUT2D eigenvalue weighted by Crippen LogP contribution is 2.36. The van der Waals surface area contributed by atoms with Gasteiger partial charge in [-0.25, -0.2) is 4.79 Å². The summed E-state index contributed by atoms with van der Waals surface area (Å²) in [7, 11) is -0.605. The molecule has 0 aromatic carbocycles. The van der Waals surface area contributed by atoms with Gasteiger partial charge in [-0.2, -0.15) is 0 Å². The maximum Gasteiger partial charge on any atom is 0.496 e. The monoisotopic (exact) mass is 332 g/mol. The van der Waals surface area contributed by atoms with Crippen LogP contribution < -0.4 is 5.46 Å². The minimum Gasteiger partial charge on any atom is -0.480 e. The molecule has 2 aliphatic heterocycles. The molecule has 1 fully saturated rings. The third-order valence-corrected chi connectivity index (χ3v) is 5.15. The molecular weight excluding hydrogens is 311 g/mol. The molecule has 1 atom stereocenters. The molecule has 0 unspecified atom stereocenters. The third kappa shape index (κ3) is 2.50. The van der Waals surface area contributed by atoms with Crippen LogP contribution in [-0.2, 0) is 20.6 Å². The van der Waals surface area contributed by atoms with E-state index >= 15 is 0 Å². The summed E-state index contributed by atoms with van der Waals surface area (Å²) in [4.78, 5) is 29.3. The molecule has 0 spiro atoms. The van der Waals surface area contributed by atoms with E-state index in [1.54, 1.807) is 12.3 Å². The Balaban J connectivity index is 1.88. The lowest BCUT2D eigenvalue weighted by molar-refractivity contribution is -0.141. The van der Waals surface area contributed by atoms with E-state index in [1.165, 1.54) is 11.8 Å². The summed E-state index contributed by atoms with van der Waals surface area (Å²) >= 11 is 0. The molecule has 0 saturated carbocycles. The molecule has 2 aliphatic rings. The van der Waals surface area contributed by atoms with Crippen molar-refractivity contribution in [3.8, 4) is 0 Å². The molecule has 1 N–H and O–H groups in total. The van der Waals surface area contributed by atoms with Gasteiger partial charge in [-0.15, -0.1) is 0 Å². The van der Waals surface area contributed by atoms with Crippen molar-refractivity contribution >= 4 is 24.5 Å². The van der Waals surface area contributed by atoms with Gasteiger partial charge in [0, 0.05) is 11.7 Å². The number of fused-ring (bicyclic) bond motifs is 1. The highest BCUT2D eigenvalue weighted by molar-refractivity contribution is 6.62. The molecule has 1 aromatic rings. The Kier molecular flexibility index (Phi) is 3.73. The summed E-state index contributed by atoms with van der Waals surface area (Å²) in [5.41, 5.74) is 0.684. The molecule has 0 radical (unpaired) electrons. The predicted molar refractivity (Wildman–Crippen MR) is 86.9 cm³/mol. The Hall–Kier alpha value is -1.93. The molecule has 128 valence electrons.